The molecule has 1 heterocycles. The second-order valence-electron chi connectivity index (χ2n) is 5.60. The molecule has 0 bridgehead atoms. The van der Waals surface area contributed by atoms with Crippen LogP contribution in [0.1, 0.15) is 32.6 Å². The first-order valence-corrected chi connectivity index (χ1v) is 7.78. The highest BCUT2D eigenvalue weighted by molar-refractivity contribution is 5.85. The van der Waals surface area contributed by atoms with Gasteiger partial charge in [-0.2, -0.15) is 0 Å². The molecule has 126 valence electrons. The molecule has 0 saturated carbocycles. The highest BCUT2D eigenvalue weighted by Crippen LogP contribution is 2.22. The zero-order chi connectivity index (χ0) is 14.6. The van der Waals surface area contributed by atoms with E-state index >= 15 is 0 Å². The molecule has 1 fully saturated rings. The number of piperidine rings is 1. The standard InChI is InChI=1S/C15H30N2O3.ClH/c1-13(14-5-3-6-16-12-14)11-15(18)17-7-4-8-20-10-9-19-2;/h13-14,16H,3-12H2,1-2H3,(H,17,18);1H. The zero-order valence-corrected chi connectivity index (χ0v) is 14.2. The van der Waals surface area contributed by atoms with E-state index in [2.05, 4.69) is 17.6 Å². The van der Waals surface area contributed by atoms with Crippen molar-refractivity contribution in [3.63, 3.8) is 0 Å². The summed E-state index contributed by atoms with van der Waals surface area (Å²) in [5, 5.41) is 6.38. The van der Waals surface area contributed by atoms with Gasteiger partial charge in [-0.15, -0.1) is 12.4 Å². The molecule has 1 aliphatic heterocycles. The lowest BCUT2D eigenvalue weighted by molar-refractivity contribution is -0.122. The van der Waals surface area contributed by atoms with Crippen LogP contribution in [0.3, 0.4) is 0 Å². The number of rotatable bonds is 10. The van der Waals surface area contributed by atoms with E-state index in [1.807, 2.05) is 0 Å². The highest BCUT2D eigenvalue weighted by Gasteiger charge is 2.21. The number of amides is 1. The lowest BCUT2D eigenvalue weighted by atomic mass is 9.85. The Labute approximate surface area is 134 Å². The lowest BCUT2D eigenvalue weighted by Gasteiger charge is -2.28. The van der Waals surface area contributed by atoms with Crippen molar-refractivity contribution in [2.45, 2.75) is 32.6 Å². The fraction of sp³-hybridized carbons (Fsp3) is 0.933. The Morgan fingerprint density at radius 2 is 2.19 bits per heavy atom. The summed E-state index contributed by atoms with van der Waals surface area (Å²) < 4.78 is 10.2. The highest BCUT2D eigenvalue weighted by atomic mass is 35.5. The monoisotopic (exact) mass is 322 g/mol. The molecule has 0 radical (unpaired) electrons. The maximum atomic E-state index is 11.8. The zero-order valence-electron chi connectivity index (χ0n) is 13.4. The van der Waals surface area contributed by atoms with Crippen molar-refractivity contribution in [2.24, 2.45) is 11.8 Å². The number of halogens is 1. The summed E-state index contributed by atoms with van der Waals surface area (Å²) in [6.07, 6.45) is 3.97. The van der Waals surface area contributed by atoms with Crippen LogP contribution in [0.5, 0.6) is 0 Å². The third-order valence-electron chi connectivity index (χ3n) is 3.87. The van der Waals surface area contributed by atoms with Gasteiger partial charge in [0.2, 0.25) is 5.91 Å². The van der Waals surface area contributed by atoms with Crippen molar-refractivity contribution in [3.05, 3.63) is 0 Å². The van der Waals surface area contributed by atoms with Crippen LogP contribution in [-0.2, 0) is 14.3 Å². The van der Waals surface area contributed by atoms with Crippen LogP contribution in [0.2, 0.25) is 0 Å². The maximum absolute atomic E-state index is 11.8. The van der Waals surface area contributed by atoms with Crippen LogP contribution in [0.4, 0.5) is 0 Å². The minimum absolute atomic E-state index is 0. The van der Waals surface area contributed by atoms with Gasteiger partial charge in [-0.25, -0.2) is 0 Å². The van der Waals surface area contributed by atoms with Crippen LogP contribution >= 0.6 is 12.4 Å². The number of nitrogens with one attached hydrogen (secondary N) is 2. The fourth-order valence-corrected chi connectivity index (χ4v) is 2.54. The molecule has 1 aliphatic rings. The Morgan fingerprint density at radius 1 is 1.38 bits per heavy atom. The van der Waals surface area contributed by atoms with E-state index in [4.69, 9.17) is 9.47 Å². The topological polar surface area (TPSA) is 59.6 Å². The van der Waals surface area contributed by atoms with Gasteiger partial charge in [0.15, 0.2) is 0 Å². The molecule has 0 aromatic rings. The Hall–Kier alpha value is -0.360. The molecule has 0 aliphatic carbocycles. The van der Waals surface area contributed by atoms with Crippen molar-refractivity contribution in [3.8, 4) is 0 Å². The Bertz CT molecular complexity index is 261. The maximum Gasteiger partial charge on any atom is 0.220 e. The van der Waals surface area contributed by atoms with E-state index in [9.17, 15) is 4.79 Å². The molecule has 0 spiro atoms. The summed E-state index contributed by atoms with van der Waals surface area (Å²) in [5.74, 6) is 1.27. The summed E-state index contributed by atoms with van der Waals surface area (Å²) >= 11 is 0. The van der Waals surface area contributed by atoms with Gasteiger partial charge in [-0.3, -0.25) is 4.79 Å². The third kappa shape index (κ3) is 10.1. The summed E-state index contributed by atoms with van der Waals surface area (Å²) in [6, 6.07) is 0. The molecule has 1 amide bonds. The molecule has 2 N–H and O–H groups in total. The first kappa shape index (κ1) is 20.6. The lowest BCUT2D eigenvalue weighted by Crippen LogP contribution is -2.35. The largest absolute Gasteiger partial charge is 0.382 e. The van der Waals surface area contributed by atoms with Gasteiger partial charge in [0.1, 0.15) is 0 Å². The summed E-state index contributed by atoms with van der Waals surface area (Å²) in [7, 11) is 1.66. The fourth-order valence-electron chi connectivity index (χ4n) is 2.54. The molecule has 1 rings (SSSR count). The van der Waals surface area contributed by atoms with E-state index in [1.54, 1.807) is 7.11 Å². The summed E-state index contributed by atoms with van der Waals surface area (Å²) in [4.78, 5) is 11.8. The molecular formula is C15H31ClN2O3. The molecule has 1 saturated heterocycles. The first-order chi connectivity index (χ1) is 9.74. The molecule has 2 atom stereocenters. The quantitative estimate of drug-likeness (QED) is 0.600. The molecule has 2 unspecified atom stereocenters. The van der Waals surface area contributed by atoms with Gasteiger partial charge in [0.05, 0.1) is 13.2 Å². The average molecular weight is 323 g/mol. The number of carbonyl (C=O) groups excluding carboxylic acids is 1. The Morgan fingerprint density at radius 3 is 2.86 bits per heavy atom. The minimum atomic E-state index is 0. The van der Waals surface area contributed by atoms with Crippen molar-refractivity contribution in [2.75, 3.05) is 46.6 Å². The molecule has 21 heavy (non-hydrogen) atoms. The van der Waals surface area contributed by atoms with E-state index in [0.29, 0.717) is 44.6 Å². The van der Waals surface area contributed by atoms with E-state index in [-0.39, 0.29) is 18.3 Å². The van der Waals surface area contributed by atoms with E-state index in [1.165, 1.54) is 12.8 Å². The molecular weight excluding hydrogens is 292 g/mol. The summed E-state index contributed by atoms with van der Waals surface area (Å²) in [5.41, 5.74) is 0. The van der Waals surface area contributed by atoms with Gasteiger partial charge in [-0.05, 0) is 44.2 Å². The van der Waals surface area contributed by atoms with Crippen molar-refractivity contribution >= 4 is 18.3 Å². The predicted molar refractivity (Wildman–Crippen MR) is 86.9 cm³/mol. The second-order valence-corrected chi connectivity index (χ2v) is 5.60. The first-order valence-electron chi connectivity index (χ1n) is 7.78. The van der Waals surface area contributed by atoms with Crippen LogP contribution in [0, 0.1) is 11.8 Å². The molecule has 0 aromatic carbocycles. The minimum Gasteiger partial charge on any atom is -0.382 e. The smallest absolute Gasteiger partial charge is 0.220 e. The van der Waals surface area contributed by atoms with Crippen LogP contribution in [0.25, 0.3) is 0 Å². The number of carbonyl (C=O) groups is 1. The van der Waals surface area contributed by atoms with Gasteiger partial charge < -0.3 is 20.1 Å². The molecule has 6 heteroatoms. The van der Waals surface area contributed by atoms with E-state index < -0.39 is 0 Å². The predicted octanol–water partition coefficient (Wildman–Crippen LogP) is 1.60. The van der Waals surface area contributed by atoms with Crippen LogP contribution < -0.4 is 10.6 Å². The summed E-state index contributed by atoms with van der Waals surface area (Å²) in [6.45, 7) is 6.98. The van der Waals surface area contributed by atoms with Crippen molar-refractivity contribution < 1.29 is 14.3 Å². The van der Waals surface area contributed by atoms with Gasteiger partial charge in [0.25, 0.3) is 0 Å². The Kier molecular flexibility index (Phi) is 13.1. The second kappa shape index (κ2) is 13.3. The van der Waals surface area contributed by atoms with Crippen LogP contribution in [0.15, 0.2) is 0 Å². The Balaban J connectivity index is 0.00000400. The third-order valence-corrected chi connectivity index (χ3v) is 3.87. The molecule has 5 nitrogen and oxygen atoms in total. The van der Waals surface area contributed by atoms with Gasteiger partial charge in [0, 0.05) is 26.7 Å². The SMILES string of the molecule is COCCOCCCNC(=O)CC(C)C1CCCNC1.Cl. The normalized spacial score (nSPS) is 19.6. The van der Waals surface area contributed by atoms with Gasteiger partial charge in [-0.1, -0.05) is 6.92 Å². The van der Waals surface area contributed by atoms with Crippen LogP contribution in [-0.4, -0.2) is 52.5 Å². The number of ether oxygens (including phenoxy) is 2. The number of hydrogen-bond acceptors (Lipinski definition) is 4. The number of methoxy groups -OCH3 is 1. The molecule has 0 aromatic heterocycles. The van der Waals surface area contributed by atoms with Crippen molar-refractivity contribution in [1.82, 2.24) is 10.6 Å². The average Bonchev–Trinajstić information content (AvgIpc) is 2.47. The van der Waals surface area contributed by atoms with E-state index in [0.717, 1.165) is 19.5 Å². The van der Waals surface area contributed by atoms with Crippen molar-refractivity contribution in [1.29, 1.82) is 0 Å². The number of hydrogen-bond donors (Lipinski definition) is 2. The van der Waals surface area contributed by atoms with Gasteiger partial charge >= 0.3 is 0 Å².